The van der Waals surface area contributed by atoms with Crippen LogP contribution in [0, 0.1) is 0 Å². The van der Waals surface area contributed by atoms with Crippen LogP contribution in [-0.4, -0.2) is 37.2 Å². The van der Waals surface area contributed by atoms with E-state index in [9.17, 15) is 14.4 Å². The topological polar surface area (TPSA) is 78.9 Å². The van der Waals surface area contributed by atoms with E-state index in [0.717, 1.165) is 109 Å². The van der Waals surface area contributed by atoms with Crippen molar-refractivity contribution in [3.63, 3.8) is 0 Å². The van der Waals surface area contributed by atoms with E-state index in [1.165, 1.54) is 57.8 Å². The Kier molecular flexibility index (Phi) is 46.0. The molecule has 0 N–H and O–H groups in total. The number of rotatable bonds is 43. The molecule has 0 rings (SSSR count). The highest BCUT2D eigenvalue weighted by atomic mass is 16.6. The van der Waals surface area contributed by atoms with Crippen LogP contribution in [0.1, 0.15) is 213 Å². The van der Waals surface area contributed by atoms with Gasteiger partial charge in [-0.2, -0.15) is 0 Å². The molecule has 346 valence electrons. The number of carbonyl (C=O) groups excluding carboxylic acids is 3. The van der Waals surface area contributed by atoms with E-state index >= 15 is 0 Å². The molecule has 0 aliphatic heterocycles. The minimum absolute atomic E-state index is 0.109. The molecule has 0 saturated carbocycles. The molecule has 0 aromatic heterocycles. The molecular formula is C55H90O6. The number of ether oxygens (including phenoxy) is 3. The Morgan fingerprint density at radius 3 is 1.20 bits per heavy atom. The van der Waals surface area contributed by atoms with Gasteiger partial charge >= 0.3 is 17.9 Å². The van der Waals surface area contributed by atoms with Crippen molar-refractivity contribution < 1.29 is 28.6 Å². The molecule has 6 heteroatoms. The average molecular weight is 847 g/mol. The van der Waals surface area contributed by atoms with Crippen LogP contribution in [0.5, 0.6) is 0 Å². The van der Waals surface area contributed by atoms with Crippen molar-refractivity contribution in [2.75, 3.05) is 13.2 Å². The van der Waals surface area contributed by atoms with E-state index in [0.29, 0.717) is 19.3 Å². The van der Waals surface area contributed by atoms with Crippen LogP contribution in [0.3, 0.4) is 0 Å². The third-order valence-corrected chi connectivity index (χ3v) is 10.1. The number of allylic oxidation sites excluding steroid dienone is 16. The first-order chi connectivity index (χ1) is 30.0. The van der Waals surface area contributed by atoms with E-state index in [4.69, 9.17) is 14.2 Å². The summed E-state index contributed by atoms with van der Waals surface area (Å²) in [6.45, 7) is 6.31. The van der Waals surface area contributed by atoms with Gasteiger partial charge in [0.1, 0.15) is 13.2 Å². The monoisotopic (exact) mass is 847 g/mol. The van der Waals surface area contributed by atoms with E-state index < -0.39 is 6.10 Å². The lowest BCUT2D eigenvalue weighted by Crippen LogP contribution is -2.30. The lowest BCUT2D eigenvalue weighted by molar-refractivity contribution is -0.167. The average Bonchev–Trinajstić information content (AvgIpc) is 3.26. The van der Waals surface area contributed by atoms with Gasteiger partial charge in [-0.1, -0.05) is 195 Å². The fourth-order valence-corrected chi connectivity index (χ4v) is 6.44. The maximum absolute atomic E-state index is 12.8. The minimum atomic E-state index is -0.810. The Hall–Kier alpha value is -3.67. The highest BCUT2D eigenvalue weighted by Crippen LogP contribution is 2.13. The van der Waals surface area contributed by atoms with Crippen molar-refractivity contribution in [1.29, 1.82) is 0 Å². The van der Waals surface area contributed by atoms with Crippen LogP contribution >= 0.6 is 0 Å². The van der Waals surface area contributed by atoms with Gasteiger partial charge < -0.3 is 14.2 Å². The summed E-state index contributed by atoms with van der Waals surface area (Å²) in [7, 11) is 0. The van der Waals surface area contributed by atoms with E-state index in [-0.39, 0.29) is 37.5 Å². The van der Waals surface area contributed by atoms with Gasteiger partial charge in [-0.25, -0.2) is 0 Å². The molecule has 6 nitrogen and oxygen atoms in total. The largest absolute Gasteiger partial charge is 0.462 e. The molecule has 0 aromatic rings. The SMILES string of the molecule is CC/C=C\C/C=C\C/C=C\CCCC(=O)OCC(COC(=O)CCCCCCC\C=C/C=C\C=C/CCCCCCC)OC(=O)CCCCCCCCC/C=C\C/C=C\CC. The van der Waals surface area contributed by atoms with Crippen LogP contribution < -0.4 is 0 Å². The molecule has 61 heavy (non-hydrogen) atoms. The van der Waals surface area contributed by atoms with Crippen LogP contribution in [0.15, 0.2) is 97.2 Å². The Bertz CT molecular complexity index is 1250. The summed E-state index contributed by atoms with van der Waals surface area (Å²) >= 11 is 0. The van der Waals surface area contributed by atoms with Gasteiger partial charge in [0.2, 0.25) is 0 Å². The predicted octanol–water partition coefficient (Wildman–Crippen LogP) is 16.2. The molecule has 0 amide bonds. The summed E-state index contributed by atoms with van der Waals surface area (Å²) in [5, 5.41) is 0. The van der Waals surface area contributed by atoms with Crippen LogP contribution in [0.2, 0.25) is 0 Å². The second kappa shape index (κ2) is 49.0. The first-order valence-corrected chi connectivity index (χ1v) is 24.8. The number of carbonyl (C=O) groups is 3. The third-order valence-electron chi connectivity index (χ3n) is 10.1. The summed E-state index contributed by atoms with van der Waals surface area (Å²) in [6.07, 6.45) is 64.0. The number of hydrogen-bond donors (Lipinski definition) is 0. The van der Waals surface area contributed by atoms with Gasteiger partial charge in [0, 0.05) is 19.3 Å². The Balaban J connectivity index is 4.47. The number of hydrogen-bond acceptors (Lipinski definition) is 6. The lowest BCUT2D eigenvalue weighted by Gasteiger charge is -2.18. The van der Waals surface area contributed by atoms with Crippen molar-refractivity contribution in [2.24, 2.45) is 0 Å². The standard InChI is InChI=1S/C55H90O6/c1-4-7-10-13-16-19-22-24-26-27-28-29-31-33-36-39-42-45-48-54(57)60-51-52(50-59-53(56)47-44-41-38-35-32-21-18-15-12-9-6-3)61-55(58)49-46-43-40-37-34-30-25-23-20-17-14-11-8-5-2/h8-9,11-12,17-18,20-22,24,26-29,35,38,52H,4-7,10,13-16,19,23,25,30-34,36-37,39-51H2,1-3H3/b11-8-,12-9-,20-17-,21-18-,24-22-,27-26-,29-28-,38-35-. The van der Waals surface area contributed by atoms with Gasteiger partial charge in [-0.3, -0.25) is 14.4 Å². The highest BCUT2D eigenvalue weighted by molar-refractivity contribution is 5.71. The zero-order chi connectivity index (χ0) is 44.4. The van der Waals surface area contributed by atoms with Crippen molar-refractivity contribution in [2.45, 2.75) is 219 Å². The van der Waals surface area contributed by atoms with Gasteiger partial charge in [0.15, 0.2) is 6.10 Å². The molecule has 0 bridgehead atoms. The first kappa shape index (κ1) is 57.3. The van der Waals surface area contributed by atoms with Crippen molar-refractivity contribution in [3.8, 4) is 0 Å². The molecule has 0 spiro atoms. The predicted molar refractivity (Wildman–Crippen MR) is 260 cm³/mol. The molecule has 0 aromatic carbocycles. The van der Waals surface area contributed by atoms with E-state index in [1.54, 1.807) is 0 Å². The van der Waals surface area contributed by atoms with Gasteiger partial charge in [0.25, 0.3) is 0 Å². The van der Waals surface area contributed by atoms with Crippen LogP contribution in [0.4, 0.5) is 0 Å². The second-order valence-corrected chi connectivity index (χ2v) is 16.0. The zero-order valence-corrected chi connectivity index (χ0v) is 39.4. The smallest absolute Gasteiger partial charge is 0.306 e. The molecule has 0 fully saturated rings. The van der Waals surface area contributed by atoms with Crippen molar-refractivity contribution >= 4 is 17.9 Å². The maximum atomic E-state index is 12.8. The maximum Gasteiger partial charge on any atom is 0.306 e. The Morgan fingerprint density at radius 2 is 0.721 bits per heavy atom. The van der Waals surface area contributed by atoms with Crippen molar-refractivity contribution in [3.05, 3.63) is 97.2 Å². The first-order valence-electron chi connectivity index (χ1n) is 24.8. The van der Waals surface area contributed by atoms with Gasteiger partial charge in [-0.15, -0.1) is 0 Å². The zero-order valence-electron chi connectivity index (χ0n) is 39.4. The number of unbranched alkanes of at least 4 members (excludes halogenated alkanes) is 18. The van der Waals surface area contributed by atoms with Crippen LogP contribution in [-0.2, 0) is 28.6 Å². The Labute approximate surface area is 375 Å². The number of esters is 3. The van der Waals surface area contributed by atoms with Crippen molar-refractivity contribution in [1.82, 2.24) is 0 Å². The van der Waals surface area contributed by atoms with Gasteiger partial charge in [-0.05, 0) is 96.3 Å². The van der Waals surface area contributed by atoms with Crippen LogP contribution in [0.25, 0.3) is 0 Å². The second-order valence-electron chi connectivity index (χ2n) is 16.0. The summed E-state index contributed by atoms with van der Waals surface area (Å²) in [5.41, 5.74) is 0. The fraction of sp³-hybridized carbons (Fsp3) is 0.655. The van der Waals surface area contributed by atoms with Gasteiger partial charge in [0.05, 0.1) is 0 Å². The normalized spacial score (nSPS) is 12.9. The molecule has 0 saturated heterocycles. The van der Waals surface area contributed by atoms with E-state index in [2.05, 4.69) is 118 Å². The Morgan fingerprint density at radius 1 is 0.361 bits per heavy atom. The molecule has 0 aliphatic carbocycles. The molecule has 1 atom stereocenters. The quantitative estimate of drug-likeness (QED) is 0.0200. The summed E-state index contributed by atoms with van der Waals surface area (Å²) < 4.78 is 16.7. The molecule has 0 heterocycles. The summed E-state index contributed by atoms with van der Waals surface area (Å²) in [6, 6.07) is 0. The molecular weight excluding hydrogens is 757 g/mol. The van der Waals surface area contributed by atoms with E-state index in [1.807, 2.05) is 0 Å². The molecule has 0 radical (unpaired) electrons. The molecule has 1 unspecified atom stereocenters. The fourth-order valence-electron chi connectivity index (χ4n) is 6.44. The third kappa shape index (κ3) is 47.2. The lowest BCUT2D eigenvalue weighted by atomic mass is 10.1. The minimum Gasteiger partial charge on any atom is -0.462 e. The summed E-state index contributed by atoms with van der Waals surface area (Å²) in [4.78, 5) is 37.9. The summed E-state index contributed by atoms with van der Waals surface area (Å²) in [5.74, 6) is -0.997. The molecule has 0 aliphatic rings. The highest BCUT2D eigenvalue weighted by Gasteiger charge is 2.19.